The summed E-state index contributed by atoms with van der Waals surface area (Å²) >= 11 is 6.78. The van der Waals surface area contributed by atoms with Gasteiger partial charge in [-0.3, -0.25) is 14.6 Å². The molecule has 5 atom stereocenters. The van der Waals surface area contributed by atoms with Gasteiger partial charge in [-0.1, -0.05) is 67.1 Å². The maximum Gasteiger partial charge on any atom is 0.317 e. The summed E-state index contributed by atoms with van der Waals surface area (Å²) in [6, 6.07) is 8.52. The third kappa shape index (κ3) is 7.33. The molecule has 1 saturated carbocycles. The molecule has 0 spiro atoms. The molecular formula is C36H43ClN4O4. The molecule has 2 fully saturated rings. The summed E-state index contributed by atoms with van der Waals surface area (Å²) in [5.74, 6) is -0.0512. The number of carboxylic acids is 1. The minimum Gasteiger partial charge on any atom is -0.487 e. The standard InChI is InChI=1S/C36H43ClN4O4/c1-22(33-19-30(38)28(20-39-33)36(43)44)31-7-4-8-32(40-31)27-5-2-3-6-29(37)34(27)45-21-23-9-11-24(12-10-23)25-15-17-41(18-16-25)35(42)26-13-14-26/h3-6,8-12,20,22,25-26,28,31-33,38,40H,2,7,13-19,21H2,1H3,(H,43,44). The Balaban J connectivity index is 1.07. The van der Waals surface area contributed by atoms with Crippen molar-refractivity contribution in [3.05, 3.63) is 82.1 Å². The van der Waals surface area contributed by atoms with Gasteiger partial charge in [0.2, 0.25) is 5.91 Å². The van der Waals surface area contributed by atoms with Gasteiger partial charge in [0.1, 0.15) is 18.3 Å². The predicted octanol–water partition coefficient (Wildman–Crippen LogP) is 6.14. The van der Waals surface area contributed by atoms with Crippen molar-refractivity contribution in [3.8, 4) is 0 Å². The van der Waals surface area contributed by atoms with Crippen molar-refractivity contribution >= 4 is 35.4 Å². The van der Waals surface area contributed by atoms with Crippen molar-refractivity contribution in [2.24, 2.45) is 22.7 Å². The van der Waals surface area contributed by atoms with Crippen molar-refractivity contribution in [2.45, 2.75) is 82.5 Å². The van der Waals surface area contributed by atoms with E-state index in [1.807, 2.05) is 12.2 Å². The first-order valence-electron chi connectivity index (χ1n) is 16.3. The Hall–Kier alpha value is -3.49. The molecule has 0 radical (unpaired) electrons. The number of allylic oxidation sites excluding steroid dienone is 4. The number of nitrogens with zero attached hydrogens (tertiary/aromatic N) is 2. The van der Waals surface area contributed by atoms with Crippen molar-refractivity contribution in [1.82, 2.24) is 10.2 Å². The lowest BCUT2D eigenvalue weighted by Crippen LogP contribution is -2.48. The van der Waals surface area contributed by atoms with Gasteiger partial charge in [-0.25, -0.2) is 0 Å². The average Bonchev–Trinajstić information content (AvgIpc) is 3.92. The number of carboxylic acid groups (broad SMARTS) is 1. The van der Waals surface area contributed by atoms with Gasteiger partial charge < -0.3 is 25.5 Å². The van der Waals surface area contributed by atoms with Gasteiger partial charge in [-0.05, 0) is 67.6 Å². The Kier molecular flexibility index (Phi) is 9.71. The lowest BCUT2D eigenvalue weighted by Gasteiger charge is -2.36. The van der Waals surface area contributed by atoms with Gasteiger partial charge in [-0.15, -0.1) is 0 Å². The van der Waals surface area contributed by atoms with Crippen LogP contribution >= 0.6 is 11.6 Å². The zero-order valence-electron chi connectivity index (χ0n) is 25.8. The lowest BCUT2D eigenvalue weighted by molar-refractivity contribution is -0.137. The molecule has 9 heteroatoms. The maximum absolute atomic E-state index is 12.4. The number of ether oxygens (including phenoxy) is 1. The first kappa shape index (κ1) is 31.5. The number of hydrogen-bond donors (Lipinski definition) is 3. The van der Waals surface area contributed by atoms with Crippen LogP contribution in [0, 0.1) is 23.2 Å². The molecule has 5 unspecified atom stereocenters. The normalized spacial score (nSPS) is 28.1. The molecule has 0 bridgehead atoms. The summed E-state index contributed by atoms with van der Waals surface area (Å²) in [5.41, 5.74) is 3.59. The SMILES string of the molecule is CC(C1CC(=N)C(C(=O)O)C=N1)C1CC=CC(C2=CCC=CC(Cl)=C2OCc2ccc(C3CCN(C(=O)C4CC4)CC3)cc2)N1. The Bertz CT molecular complexity index is 1450. The third-order valence-corrected chi connectivity index (χ3v) is 10.3. The largest absolute Gasteiger partial charge is 0.487 e. The second kappa shape index (κ2) is 13.9. The quantitative estimate of drug-likeness (QED) is 0.284. The fraction of sp³-hybridized carbons (Fsp3) is 0.500. The topological polar surface area (TPSA) is 115 Å². The van der Waals surface area contributed by atoms with E-state index >= 15 is 0 Å². The second-order valence-electron chi connectivity index (χ2n) is 13.1. The van der Waals surface area contributed by atoms with E-state index in [-0.39, 0.29) is 29.8 Å². The maximum atomic E-state index is 12.4. The number of hydrogen-bond acceptors (Lipinski definition) is 6. The van der Waals surface area contributed by atoms with E-state index in [0.717, 1.165) is 62.8 Å². The van der Waals surface area contributed by atoms with E-state index in [0.29, 0.717) is 41.6 Å². The fourth-order valence-corrected chi connectivity index (χ4v) is 7.18. The van der Waals surface area contributed by atoms with E-state index in [1.165, 1.54) is 11.8 Å². The number of piperidine rings is 1. The molecule has 1 saturated heterocycles. The molecule has 3 N–H and O–H groups in total. The van der Waals surface area contributed by atoms with E-state index < -0.39 is 11.9 Å². The van der Waals surface area contributed by atoms with Crippen LogP contribution in [0.3, 0.4) is 0 Å². The number of amides is 1. The molecule has 1 aromatic rings. The van der Waals surface area contributed by atoms with E-state index in [1.54, 1.807) is 0 Å². The van der Waals surface area contributed by atoms with Crippen LogP contribution in [0.15, 0.2) is 76.0 Å². The summed E-state index contributed by atoms with van der Waals surface area (Å²) < 4.78 is 6.44. The molecule has 2 aliphatic carbocycles. The molecule has 0 aromatic heterocycles. The third-order valence-electron chi connectivity index (χ3n) is 9.97. The van der Waals surface area contributed by atoms with E-state index in [2.05, 4.69) is 64.6 Å². The monoisotopic (exact) mass is 630 g/mol. The van der Waals surface area contributed by atoms with E-state index in [9.17, 15) is 14.7 Å². The van der Waals surface area contributed by atoms with Crippen molar-refractivity contribution < 1.29 is 19.4 Å². The van der Waals surface area contributed by atoms with Crippen LogP contribution in [-0.4, -0.2) is 65.0 Å². The number of carbonyl (C=O) groups excluding carboxylic acids is 1. The van der Waals surface area contributed by atoms with Crippen LogP contribution in [0.25, 0.3) is 0 Å². The number of likely N-dealkylation sites (tertiary alicyclic amines) is 1. The van der Waals surface area contributed by atoms with Gasteiger partial charge in [0, 0.05) is 49.0 Å². The van der Waals surface area contributed by atoms with Gasteiger partial charge >= 0.3 is 5.97 Å². The van der Waals surface area contributed by atoms with Crippen LogP contribution in [-0.2, 0) is 20.9 Å². The van der Waals surface area contributed by atoms with Gasteiger partial charge in [0.25, 0.3) is 0 Å². The highest BCUT2D eigenvalue weighted by Gasteiger charge is 2.36. The Morgan fingerprint density at radius 1 is 1.16 bits per heavy atom. The lowest BCUT2D eigenvalue weighted by atomic mass is 9.82. The molecular weight excluding hydrogens is 588 g/mol. The molecule has 6 rings (SSSR count). The zero-order valence-corrected chi connectivity index (χ0v) is 26.6. The van der Waals surface area contributed by atoms with Gasteiger partial charge in [-0.2, -0.15) is 0 Å². The number of aliphatic carboxylic acids is 1. The highest BCUT2D eigenvalue weighted by atomic mass is 35.5. The Labute approximate surface area is 270 Å². The van der Waals surface area contributed by atoms with Crippen LogP contribution in [0.5, 0.6) is 0 Å². The fourth-order valence-electron chi connectivity index (χ4n) is 6.93. The molecule has 1 amide bonds. The first-order valence-corrected chi connectivity index (χ1v) is 16.7. The molecule has 3 aliphatic heterocycles. The highest BCUT2D eigenvalue weighted by Crippen LogP contribution is 2.35. The number of aliphatic imine (C=N–C) groups is 1. The number of nitrogens with one attached hydrogen (secondary N) is 2. The minimum absolute atomic E-state index is 0.0969. The molecule has 45 heavy (non-hydrogen) atoms. The van der Waals surface area contributed by atoms with Crippen molar-refractivity contribution in [1.29, 1.82) is 5.41 Å². The molecule has 5 aliphatic rings. The Morgan fingerprint density at radius 2 is 1.91 bits per heavy atom. The first-order chi connectivity index (χ1) is 21.8. The summed E-state index contributed by atoms with van der Waals surface area (Å²) in [7, 11) is 0. The van der Waals surface area contributed by atoms with Crippen molar-refractivity contribution in [2.75, 3.05) is 13.1 Å². The predicted molar refractivity (Wildman–Crippen MR) is 177 cm³/mol. The summed E-state index contributed by atoms with van der Waals surface area (Å²) in [5, 5.41) is 21.9. The highest BCUT2D eigenvalue weighted by molar-refractivity contribution is 6.31. The number of rotatable bonds is 9. The smallest absolute Gasteiger partial charge is 0.317 e. The van der Waals surface area contributed by atoms with Crippen molar-refractivity contribution in [3.63, 3.8) is 0 Å². The van der Waals surface area contributed by atoms with Crippen LogP contribution < -0.4 is 5.32 Å². The van der Waals surface area contributed by atoms with E-state index in [4.69, 9.17) is 21.7 Å². The van der Waals surface area contributed by atoms with Crippen LogP contribution in [0.2, 0.25) is 0 Å². The number of halogens is 1. The number of carbonyl (C=O) groups is 2. The van der Waals surface area contributed by atoms with Crippen LogP contribution in [0.1, 0.15) is 68.9 Å². The van der Waals surface area contributed by atoms with Crippen LogP contribution in [0.4, 0.5) is 0 Å². The second-order valence-corrected chi connectivity index (χ2v) is 13.5. The summed E-state index contributed by atoms with van der Waals surface area (Å²) in [6.45, 7) is 4.22. The molecule has 238 valence electrons. The molecule has 3 heterocycles. The number of benzene rings is 1. The zero-order chi connectivity index (χ0) is 31.5. The average molecular weight is 631 g/mol. The van der Waals surface area contributed by atoms with Gasteiger partial charge in [0.15, 0.2) is 0 Å². The Morgan fingerprint density at radius 3 is 2.60 bits per heavy atom. The molecule has 1 aromatic carbocycles. The summed E-state index contributed by atoms with van der Waals surface area (Å²) in [6.07, 6.45) is 17.9. The summed E-state index contributed by atoms with van der Waals surface area (Å²) in [4.78, 5) is 30.5. The molecule has 8 nitrogen and oxygen atoms in total. The minimum atomic E-state index is -1.02. The van der Waals surface area contributed by atoms with Gasteiger partial charge in [0.05, 0.1) is 17.1 Å².